The predicted molar refractivity (Wildman–Crippen MR) is 78.2 cm³/mol. The van der Waals surface area contributed by atoms with Crippen molar-refractivity contribution in [1.82, 2.24) is 5.43 Å². The molecule has 2 aromatic carbocycles. The molecule has 0 aliphatic carbocycles. The molecular formula is C14H11ClFN3O2. The zero-order valence-corrected chi connectivity index (χ0v) is 11.5. The first-order chi connectivity index (χ1) is 10.0. The summed E-state index contributed by atoms with van der Waals surface area (Å²) in [7, 11) is 0. The number of hydrazone groups is 1. The normalized spacial score (nSPS) is 10.6. The van der Waals surface area contributed by atoms with Crippen molar-refractivity contribution < 1.29 is 13.9 Å². The first-order valence-electron chi connectivity index (χ1n) is 5.86. The molecule has 0 heterocycles. The molecule has 7 heteroatoms. The Morgan fingerprint density at radius 3 is 2.62 bits per heavy atom. The average Bonchev–Trinajstić information content (AvgIpc) is 2.43. The van der Waals surface area contributed by atoms with Crippen molar-refractivity contribution in [1.29, 1.82) is 0 Å². The molecule has 2 amide bonds. The van der Waals surface area contributed by atoms with Crippen LogP contribution in [0.15, 0.2) is 47.6 Å². The summed E-state index contributed by atoms with van der Waals surface area (Å²) < 4.78 is 19.0. The fourth-order valence-corrected chi connectivity index (χ4v) is 1.64. The van der Waals surface area contributed by atoms with E-state index in [2.05, 4.69) is 10.5 Å². The molecule has 0 bridgehead atoms. The molecule has 0 aliphatic rings. The molecule has 108 valence electrons. The number of nitrogens with two attached hydrogens (primary N) is 1. The molecule has 0 aliphatic heterocycles. The Morgan fingerprint density at radius 1 is 1.29 bits per heavy atom. The van der Waals surface area contributed by atoms with Crippen LogP contribution >= 0.6 is 11.6 Å². The van der Waals surface area contributed by atoms with Gasteiger partial charge in [0.05, 0.1) is 6.21 Å². The molecule has 0 spiro atoms. The summed E-state index contributed by atoms with van der Waals surface area (Å²) >= 11 is 5.66. The quantitative estimate of drug-likeness (QED) is 0.672. The van der Waals surface area contributed by atoms with Gasteiger partial charge in [-0.15, -0.1) is 0 Å². The largest absolute Gasteiger partial charge is 0.454 e. The number of nitrogens with zero attached hydrogens (tertiary/aromatic N) is 1. The van der Waals surface area contributed by atoms with Crippen LogP contribution in [0.5, 0.6) is 11.5 Å². The van der Waals surface area contributed by atoms with Gasteiger partial charge in [0.1, 0.15) is 5.75 Å². The minimum atomic E-state index is -0.746. The summed E-state index contributed by atoms with van der Waals surface area (Å²) in [5.41, 5.74) is 7.65. The van der Waals surface area contributed by atoms with E-state index in [0.29, 0.717) is 16.3 Å². The van der Waals surface area contributed by atoms with Crippen LogP contribution in [0.2, 0.25) is 5.02 Å². The van der Waals surface area contributed by atoms with Crippen LogP contribution in [0.1, 0.15) is 5.56 Å². The Hall–Kier alpha value is -2.60. The standard InChI is InChI=1S/C14H11ClFN3O2/c15-10-3-6-13(12(16)7-10)21-11-4-1-9(2-5-11)8-18-19-14(17)20/h1-8H,(H3,17,19,20)/b18-8-. The second kappa shape index (κ2) is 6.71. The van der Waals surface area contributed by atoms with Crippen molar-refractivity contribution in [3.05, 3.63) is 58.9 Å². The first kappa shape index (κ1) is 14.8. The lowest BCUT2D eigenvalue weighted by Gasteiger charge is -2.07. The van der Waals surface area contributed by atoms with E-state index in [1.165, 1.54) is 24.4 Å². The Balaban J connectivity index is 2.05. The van der Waals surface area contributed by atoms with Crippen LogP contribution in [0.4, 0.5) is 9.18 Å². The van der Waals surface area contributed by atoms with Gasteiger partial charge >= 0.3 is 6.03 Å². The van der Waals surface area contributed by atoms with E-state index < -0.39 is 11.8 Å². The molecular weight excluding hydrogens is 297 g/mol. The number of rotatable bonds is 4. The van der Waals surface area contributed by atoms with E-state index in [0.717, 1.165) is 0 Å². The third-order valence-electron chi connectivity index (χ3n) is 2.39. The maximum absolute atomic E-state index is 13.6. The van der Waals surface area contributed by atoms with Crippen molar-refractivity contribution in [2.24, 2.45) is 10.8 Å². The number of urea groups is 1. The van der Waals surface area contributed by atoms with E-state index in [4.69, 9.17) is 22.1 Å². The summed E-state index contributed by atoms with van der Waals surface area (Å²) in [5, 5.41) is 3.91. The second-order valence-corrected chi connectivity index (χ2v) is 4.42. The molecule has 0 fully saturated rings. The number of hydrogen-bond acceptors (Lipinski definition) is 3. The van der Waals surface area contributed by atoms with Crippen LogP contribution in [0, 0.1) is 5.82 Å². The number of carbonyl (C=O) groups is 1. The highest BCUT2D eigenvalue weighted by Gasteiger charge is 2.05. The van der Waals surface area contributed by atoms with Crippen molar-refractivity contribution >= 4 is 23.8 Å². The summed E-state index contributed by atoms with van der Waals surface area (Å²) in [5.74, 6) is -0.00811. The summed E-state index contributed by atoms with van der Waals surface area (Å²) in [6.45, 7) is 0. The maximum atomic E-state index is 13.6. The fourth-order valence-electron chi connectivity index (χ4n) is 1.48. The van der Waals surface area contributed by atoms with Crippen LogP contribution in [-0.2, 0) is 0 Å². The van der Waals surface area contributed by atoms with Gasteiger partial charge in [0.25, 0.3) is 0 Å². The van der Waals surface area contributed by atoms with Crippen molar-refractivity contribution in [2.75, 3.05) is 0 Å². The Morgan fingerprint density at radius 2 is 2.00 bits per heavy atom. The number of carbonyl (C=O) groups excluding carboxylic acids is 1. The van der Waals surface area contributed by atoms with Gasteiger partial charge in [0.2, 0.25) is 0 Å². The maximum Gasteiger partial charge on any atom is 0.332 e. The van der Waals surface area contributed by atoms with Crippen LogP contribution < -0.4 is 15.9 Å². The lowest BCUT2D eigenvalue weighted by molar-refractivity contribution is 0.249. The van der Waals surface area contributed by atoms with Crippen molar-refractivity contribution in [2.45, 2.75) is 0 Å². The van der Waals surface area contributed by atoms with Crippen LogP contribution in [0.25, 0.3) is 0 Å². The third-order valence-corrected chi connectivity index (χ3v) is 2.63. The van der Waals surface area contributed by atoms with E-state index in [9.17, 15) is 9.18 Å². The molecule has 0 saturated heterocycles. The summed E-state index contributed by atoms with van der Waals surface area (Å²) in [6.07, 6.45) is 1.41. The summed E-state index contributed by atoms with van der Waals surface area (Å²) in [4.78, 5) is 10.4. The molecule has 0 saturated carbocycles. The molecule has 0 atom stereocenters. The van der Waals surface area contributed by atoms with Gasteiger partial charge in [-0.1, -0.05) is 11.6 Å². The van der Waals surface area contributed by atoms with Crippen molar-refractivity contribution in [3.63, 3.8) is 0 Å². The predicted octanol–water partition coefficient (Wildman–Crippen LogP) is 3.27. The number of halogens is 2. The lowest BCUT2D eigenvalue weighted by atomic mass is 10.2. The molecule has 3 N–H and O–H groups in total. The molecule has 0 radical (unpaired) electrons. The number of nitrogens with one attached hydrogen (secondary N) is 1. The molecule has 0 aromatic heterocycles. The number of hydrogen-bond donors (Lipinski definition) is 2. The van der Waals surface area contributed by atoms with Crippen molar-refractivity contribution in [3.8, 4) is 11.5 Å². The van der Waals surface area contributed by atoms with E-state index in [1.54, 1.807) is 24.3 Å². The average molecular weight is 308 g/mol. The number of benzene rings is 2. The van der Waals surface area contributed by atoms with Crippen LogP contribution in [0.3, 0.4) is 0 Å². The Labute approximate surface area is 125 Å². The summed E-state index contributed by atoms with van der Waals surface area (Å²) in [6, 6.07) is 10.1. The highest BCUT2D eigenvalue weighted by molar-refractivity contribution is 6.30. The smallest absolute Gasteiger partial charge is 0.332 e. The fraction of sp³-hybridized carbons (Fsp3) is 0. The van der Waals surface area contributed by atoms with Gasteiger partial charge in [-0.3, -0.25) is 0 Å². The highest BCUT2D eigenvalue weighted by atomic mass is 35.5. The van der Waals surface area contributed by atoms with E-state index >= 15 is 0 Å². The number of primary amides is 1. The Bertz CT molecular complexity index is 674. The highest BCUT2D eigenvalue weighted by Crippen LogP contribution is 2.26. The van der Waals surface area contributed by atoms with Gasteiger partial charge < -0.3 is 10.5 Å². The molecule has 21 heavy (non-hydrogen) atoms. The zero-order valence-electron chi connectivity index (χ0n) is 10.7. The van der Waals surface area contributed by atoms with Gasteiger partial charge in [0, 0.05) is 5.02 Å². The minimum Gasteiger partial charge on any atom is -0.454 e. The van der Waals surface area contributed by atoms with Gasteiger partial charge in [0.15, 0.2) is 11.6 Å². The van der Waals surface area contributed by atoms with E-state index in [-0.39, 0.29) is 5.75 Å². The van der Waals surface area contributed by atoms with E-state index in [1.807, 2.05) is 0 Å². The minimum absolute atomic E-state index is 0.0798. The van der Waals surface area contributed by atoms with Crippen LogP contribution in [-0.4, -0.2) is 12.2 Å². The Kier molecular flexibility index (Phi) is 4.73. The monoisotopic (exact) mass is 307 g/mol. The van der Waals surface area contributed by atoms with Gasteiger partial charge in [-0.05, 0) is 48.0 Å². The third kappa shape index (κ3) is 4.47. The van der Waals surface area contributed by atoms with Gasteiger partial charge in [-0.25, -0.2) is 14.6 Å². The number of ether oxygens (including phenoxy) is 1. The molecule has 0 unspecified atom stereocenters. The lowest BCUT2D eigenvalue weighted by Crippen LogP contribution is -2.24. The molecule has 2 rings (SSSR count). The SMILES string of the molecule is NC(=O)N/N=C\c1ccc(Oc2ccc(Cl)cc2F)cc1. The zero-order chi connectivity index (χ0) is 15.2. The second-order valence-electron chi connectivity index (χ2n) is 3.98. The molecule has 5 nitrogen and oxygen atoms in total. The first-order valence-corrected chi connectivity index (χ1v) is 6.24. The number of amides is 2. The topological polar surface area (TPSA) is 76.7 Å². The van der Waals surface area contributed by atoms with Gasteiger partial charge in [-0.2, -0.15) is 5.10 Å². The molecule has 2 aromatic rings.